The summed E-state index contributed by atoms with van der Waals surface area (Å²) in [5.41, 5.74) is 30.9. The molecule has 1 fully saturated rings. The molecule has 0 aromatic heterocycles. The number of fused-ring (bicyclic) bond motifs is 8. The van der Waals surface area contributed by atoms with E-state index in [0.717, 1.165) is 12.8 Å². The molecular weight excluding hydrogens is 918 g/mol. The summed E-state index contributed by atoms with van der Waals surface area (Å²) in [5.74, 6) is 0. The summed E-state index contributed by atoms with van der Waals surface area (Å²) in [7, 11) is 0. The highest BCUT2D eigenvalue weighted by Gasteiger charge is 2.59. The number of hydrogen-bond donors (Lipinski definition) is 0. The van der Waals surface area contributed by atoms with E-state index in [9.17, 15) is 0 Å². The molecule has 0 radical (unpaired) electrons. The van der Waals surface area contributed by atoms with Crippen LogP contribution in [0.25, 0.3) is 11.1 Å². The highest BCUT2D eigenvalue weighted by atomic mass is 15.3. The van der Waals surface area contributed by atoms with Crippen LogP contribution < -0.4 is 31.1 Å². The normalized spacial score (nSPS) is 22.6. The Morgan fingerprint density at radius 1 is 0.461 bits per heavy atom. The lowest BCUT2D eigenvalue weighted by molar-refractivity contribution is 0.194. The summed E-state index contributed by atoms with van der Waals surface area (Å²) in [5, 5.41) is 0. The van der Waals surface area contributed by atoms with Crippen LogP contribution in [0.5, 0.6) is 0 Å². The third kappa shape index (κ3) is 6.79. The van der Waals surface area contributed by atoms with E-state index in [1.807, 2.05) is 0 Å². The van der Waals surface area contributed by atoms with Gasteiger partial charge >= 0.3 is 0 Å². The third-order valence-electron chi connectivity index (χ3n) is 20.7. The number of aryl methyl sites for hydroxylation is 3. The third-order valence-corrected chi connectivity index (χ3v) is 20.7. The zero-order valence-corrected chi connectivity index (χ0v) is 49.1. The molecule has 388 valence electrons. The molecule has 0 spiro atoms. The van der Waals surface area contributed by atoms with E-state index in [4.69, 9.17) is 0 Å². The summed E-state index contributed by atoms with van der Waals surface area (Å²) >= 11 is 0. The Kier molecular flexibility index (Phi) is 10.3. The largest absolute Gasteiger partial charge is 0.334 e. The zero-order chi connectivity index (χ0) is 53.8. The summed E-state index contributed by atoms with van der Waals surface area (Å²) < 4.78 is 0. The van der Waals surface area contributed by atoms with E-state index in [0.29, 0.717) is 0 Å². The molecule has 5 aliphatic heterocycles. The van der Waals surface area contributed by atoms with Gasteiger partial charge in [-0.25, -0.2) is 0 Å². The molecule has 76 heavy (non-hydrogen) atoms. The van der Waals surface area contributed by atoms with E-state index in [1.165, 1.54) is 149 Å². The van der Waals surface area contributed by atoms with Crippen molar-refractivity contribution in [2.24, 2.45) is 0 Å². The standard InChI is InChI=1S/C72H82BN3/c1-43-34-45(3)64-61(35-43)76(72(17)31-19-18-30-71(64,72)16)51-26-27-55-59(40-51)74(57-28-24-48(36-44(57)2)66(4,5)6)62-38-50(68(10,11)12)39-63-65(62)73(55)56-41-53-54-42-60(56)75(63)58-29-25-49(67(7,8)9)37-52(58)46-20-22-47(23-21-46)70(54,15)33-32-69(53,13)14/h20-29,34-42H,18-19,30-33H2,1-17H3. The molecule has 4 bridgehead atoms. The van der Waals surface area contributed by atoms with Gasteiger partial charge in [0.1, 0.15) is 0 Å². The lowest BCUT2D eigenvalue weighted by Crippen LogP contribution is -2.62. The molecule has 3 atom stereocenters. The van der Waals surface area contributed by atoms with Crippen LogP contribution in [-0.4, -0.2) is 12.3 Å². The Balaban J connectivity index is 1.17. The highest BCUT2D eigenvalue weighted by Crippen LogP contribution is 2.63. The maximum Gasteiger partial charge on any atom is 0.252 e. The molecule has 0 saturated heterocycles. The summed E-state index contributed by atoms with van der Waals surface area (Å²) in [6.07, 6.45) is 7.13. The molecule has 5 heterocycles. The average molecular weight is 1000 g/mol. The smallest absolute Gasteiger partial charge is 0.252 e. The van der Waals surface area contributed by atoms with Gasteiger partial charge in [0.05, 0.1) is 11.2 Å². The van der Waals surface area contributed by atoms with E-state index in [1.54, 1.807) is 5.56 Å². The quantitative estimate of drug-likeness (QED) is 0.160. The van der Waals surface area contributed by atoms with Gasteiger partial charge in [-0.1, -0.05) is 164 Å². The minimum Gasteiger partial charge on any atom is -0.334 e. The lowest BCUT2D eigenvalue weighted by Gasteiger charge is -2.51. The van der Waals surface area contributed by atoms with E-state index in [2.05, 4.69) is 248 Å². The molecule has 3 unspecified atom stereocenters. The second-order valence-corrected chi connectivity index (χ2v) is 29.1. The van der Waals surface area contributed by atoms with Crippen molar-refractivity contribution in [3.05, 3.63) is 171 Å². The maximum atomic E-state index is 2.83. The fourth-order valence-electron chi connectivity index (χ4n) is 15.9. The predicted octanol–water partition coefficient (Wildman–Crippen LogP) is 17.7. The van der Waals surface area contributed by atoms with Gasteiger partial charge in [0.15, 0.2) is 0 Å². The topological polar surface area (TPSA) is 9.72 Å². The van der Waals surface area contributed by atoms with Gasteiger partial charge < -0.3 is 14.7 Å². The predicted molar refractivity (Wildman–Crippen MR) is 328 cm³/mol. The fourth-order valence-corrected chi connectivity index (χ4v) is 15.9. The highest BCUT2D eigenvalue weighted by molar-refractivity contribution is 7.00. The van der Waals surface area contributed by atoms with Gasteiger partial charge in [-0.05, 0) is 207 Å². The molecular formula is C72H82BN3. The van der Waals surface area contributed by atoms with Gasteiger partial charge in [0.2, 0.25) is 0 Å². The monoisotopic (exact) mass is 1000 g/mol. The van der Waals surface area contributed by atoms with Crippen molar-refractivity contribution in [2.45, 2.75) is 194 Å². The maximum absolute atomic E-state index is 2.83. The molecule has 0 amide bonds. The molecule has 7 aromatic carbocycles. The molecule has 7 aromatic rings. The van der Waals surface area contributed by atoms with E-state index >= 15 is 0 Å². The zero-order valence-electron chi connectivity index (χ0n) is 49.1. The number of benzene rings is 7. The Morgan fingerprint density at radius 3 is 1.74 bits per heavy atom. The van der Waals surface area contributed by atoms with Crippen LogP contribution in [0.1, 0.15) is 191 Å². The summed E-state index contributed by atoms with van der Waals surface area (Å²) in [4.78, 5) is 8.30. The second-order valence-electron chi connectivity index (χ2n) is 29.1. The minimum atomic E-state index is -0.144. The first-order valence-corrected chi connectivity index (χ1v) is 29.0. The van der Waals surface area contributed by atoms with Crippen molar-refractivity contribution >= 4 is 68.6 Å². The van der Waals surface area contributed by atoms with Crippen LogP contribution in [0, 0.1) is 20.8 Å². The molecule has 1 saturated carbocycles. The first kappa shape index (κ1) is 49.6. The van der Waals surface area contributed by atoms with Crippen molar-refractivity contribution in [3.8, 4) is 11.1 Å². The first-order chi connectivity index (χ1) is 35.6. The molecule has 14 rings (SSSR count). The average Bonchev–Trinajstić information content (AvgIpc) is 3.55. The fraction of sp³-hybridized carbons (Fsp3) is 0.417. The van der Waals surface area contributed by atoms with Crippen molar-refractivity contribution in [2.75, 3.05) is 14.7 Å². The summed E-state index contributed by atoms with van der Waals surface area (Å²) in [6, 6.07) is 47.9. The summed E-state index contributed by atoms with van der Waals surface area (Å²) in [6.45, 7) is 41.2. The van der Waals surface area contributed by atoms with E-state index < -0.39 is 0 Å². The van der Waals surface area contributed by atoms with E-state index in [-0.39, 0.29) is 44.7 Å². The van der Waals surface area contributed by atoms with Gasteiger partial charge in [-0.2, -0.15) is 0 Å². The van der Waals surface area contributed by atoms with Crippen LogP contribution in [0.3, 0.4) is 0 Å². The van der Waals surface area contributed by atoms with Crippen LogP contribution in [-0.2, 0) is 32.5 Å². The first-order valence-electron chi connectivity index (χ1n) is 29.0. The van der Waals surface area contributed by atoms with Gasteiger partial charge in [-0.15, -0.1) is 0 Å². The molecule has 0 N–H and O–H groups in total. The minimum absolute atomic E-state index is 0.00408. The van der Waals surface area contributed by atoms with Crippen molar-refractivity contribution in [3.63, 3.8) is 0 Å². The van der Waals surface area contributed by atoms with Crippen molar-refractivity contribution < 1.29 is 0 Å². The van der Waals surface area contributed by atoms with Crippen LogP contribution in [0.15, 0.2) is 115 Å². The van der Waals surface area contributed by atoms with Crippen molar-refractivity contribution in [1.29, 1.82) is 0 Å². The van der Waals surface area contributed by atoms with Crippen LogP contribution in [0.2, 0.25) is 0 Å². The number of anilines is 8. The Hall–Kier alpha value is -6.00. The van der Waals surface area contributed by atoms with Crippen LogP contribution in [0.4, 0.5) is 45.5 Å². The number of hydrogen-bond acceptors (Lipinski definition) is 3. The molecule has 4 heteroatoms. The Labute approximate surface area is 457 Å². The second kappa shape index (κ2) is 15.8. The molecule has 3 nitrogen and oxygen atoms in total. The van der Waals surface area contributed by atoms with Crippen molar-refractivity contribution in [1.82, 2.24) is 0 Å². The SMILES string of the molecule is Cc1cc(C)c2c(c1)N(c1ccc3c(c1)N(c1ccc(C(C)(C)C)cc1C)c1cc(C(C)(C)C)cc4c1B3c1cc3c5cc1N4c1ccc(C(C)(C)C)cc1-c1ccc(cc1)C5(C)CCC3(C)C)C1(C)CCCCC21C. The molecule has 2 aliphatic carbocycles. The Bertz CT molecular complexity index is 3630. The van der Waals surface area contributed by atoms with Gasteiger partial charge in [0.25, 0.3) is 6.71 Å². The molecule has 7 aliphatic rings. The van der Waals surface area contributed by atoms with Gasteiger partial charge in [-0.3, -0.25) is 0 Å². The van der Waals surface area contributed by atoms with Gasteiger partial charge in [0, 0.05) is 56.2 Å². The number of rotatable bonds is 2. The van der Waals surface area contributed by atoms with Crippen LogP contribution >= 0.6 is 0 Å². The number of nitrogens with zero attached hydrogens (tertiary/aromatic N) is 3. The Morgan fingerprint density at radius 2 is 1.08 bits per heavy atom. The lowest BCUT2D eigenvalue weighted by atomic mass is 9.33.